The molecule has 4 N–H and O–H groups in total. The van der Waals surface area contributed by atoms with E-state index in [1.807, 2.05) is 0 Å². The molecular formula is C15H19FN2O3. The molecule has 0 saturated heterocycles. The van der Waals surface area contributed by atoms with E-state index in [9.17, 15) is 19.1 Å². The molecule has 5 nitrogen and oxygen atoms in total. The van der Waals surface area contributed by atoms with Crippen LogP contribution in [0.5, 0.6) is 0 Å². The molecule has 0 atom stereocenters. The third kappa shape index (κ3) is 3.15. The number of hydrogen-bond acceptors (Lipinski definition) is 3. The molecule has 114 valence electrons. The summed E-state index contributed by atoms with van der Waals surface area (Å²) < 4.78 is 13.2. The average Bonchev–Trinajstić information content (AvgIpc) is 2.43. The number of aliphatic carboxylic acids is 1. The number of hydrogen-bond donors (Lipinski definition) is 3. The van der Waals surface area contributed by atoms with Crippen LogP contribution in [0, 0.1) is 11.7 Å². The number of primary amides is 1. The number of nitrogens with two attached hydrogens (primary N) is 1. The van der Waals surface area contributed by atoms with Crippen molar-refractivity contribution in [3.05, 3.63) is 29.6 Å². The Morgan fingerprint density at radius 3 is 2.52 bits per heavy atom. The van der Waals surface area contributed by atoms with Crippen molar-refractivity contribution >= 4 is 17.6 Å². The number of nitrogens with one attached hydrogen (secondary N) is 1. The maximum Gasteiger partial charge on any atom is 0.329 e. The Labute approximate surface area is 122 Å². The van der Waals surface area contributed by atoms with Crippen molar-refractivity contribution in [3.8, 4) is 0 Å². The van der Waals surface area contributed by atoms with Gasteiger partial charge in [-0.3, -0.25) is 4.79 Å². The van der Waals surface area contributed by atoms with Crippen LogP contribution in [0.1, 0.15) is 43.0 Å². The summed E-state index contributed by atoms with van der Waals surface area (Å²) in [5, 5.41) is 12.5. The van der Waals surface area contributed by atoms with Gasteiger partial charge in [0.05, 0.1) is 5.56 Å². The van der Waals surface area contributed by atoms with Crippen LogP contribution in [-0.4, -0.2) is 22.5 Å². The number of carbonyl (C=O) groups is 2. The van der Waals surface area contributed by atoms with Crippen molar-refractivity contribution in [2.45, 2.75) is 38.1 Å². The molecule has 0 aliphatic heterocycles. The summed E-state index contributed by atoms with van der Waals surface area (Å²) in [5.74, 6) is -1.87. The van der Waals surface area contributed by atoms with Gasteiger partial charge in [0, 0.05) is 5.69 Å². The second kappa shape index (κ2) is 5.71. The number of carboxylic acids is 1. The third-order valence-corrected chi connectivity index (χ3v) is 4.16. The molecule has 1 aliphatic rings. The molecule has 0 bridgehead atoms. The van der Waals surface area contributed by atoms with Gasteiger partial charge < -0.3 is 16.2 Å². The SMILES string of the molecule is CC1CCC(Nc2ccc(F)cc2C(N)=O)(C(=O)O)CC1. The van der Waals surface area contributed by atoms with E-state index in [1.54, 1.807) is 0 Å². The summed E-state index contributed by atoms with van der Waals surface area (Å²) in [5.41, 5.74) is 4.34. The molecule has 0 unspecified atom stereocenters. The van der Waals surface area contributed by atoms with Crippen LogP contribution in [-0.2, 0) is 4.79 Å². The van der Waals surface area contributed by atoms with Crippen LogP contribution < -0.4 is 11.1 Å². The molecule has 1 amide bonds. The fourth-order valence-electron chi connectivity index (χ4n) is 2.73. The Balaban J connectivity index is 2.34. The second-order valence-electron chi connectivity index (χ2n) is 5.75. The Morgan fingerprint density at radius 2 is 2.00 bits per heavy atom. The molecule has 6 heteroatoms. The van der Waals surface area contributed by atoms with Gasteiger partial charge in [0.15, 0.2) is 0 Å². The van der Waals surface area contributed by atoms with E-state index in [-0.39, 0.29) is 11.3 Å². The second-order valence-corrected chi connectivity index (χ2v) is 5.75. The normalized spacial score (nSPS) is 25.3. The lowest BCUT2D eigenvalue weighted by Gasteiger charge is -2.37. The van der Waals surface area contributed by atoms with Gasteiger partial charge in [-0.05, 0) is 49.8 Å². The highest BCUT2D eigenvalue weighted by Crippen LogP contribution is 2.35. The van der Waals surface area contributed by atoms with Gasteiger partial charge >= 0.3 is 5.97 Å². The third-order valence-electron chi connectivity index (χ3n) is 4.16. The number of halogens is 1. The molecule has 2 rings (SSSR count). The van der Waals surface area contributed by atoms with E-state index < -0.39 is 23.2 Å². The highest BCUT2D eigenvalue weighted by atomic mass is 19.1. The Hall–Kier alpha value is -2.11. The van der Waals surface area contributed by atoms with E-state index in [0.29, 0.717) is 18.8 Å². The number of anilines is 1. The largest absolute Gasteiger partial charge is 0.480 e. The first-order valence-electron chi connectivity index (χ1n) is 6.95. The average molecular weight is 294 g/mol. The molecular weight excluding hydrogens is 275 g/mol. The van der Waals surface area contributed by atoms with Crippen LogP contribution in [0.25, 0.3) is 0 Å². The van der Waals surface area contributed by atoms with Crippen molar-refractivity contribution in [1.29, 1.82) is 0 Å². The fraction of sp³-hybridized carbons (Fsp3) is 0.467. The van der Waals surface area contributed by atoms with Crippen LogP contribution in [0.2, 0.25) is 0 Å². The lowest BCUT2D eigenvalue weighted by Crippen LogP contribution is -2.49. The van der Waals surface area contributed by atoms with Crippen LogP contribution in [0.4, 0.5) is 10.1 Å². The zero-order valence-electron chi connectivity index (χ0n) is 11.9. The number of carbonyl (C=O) groups excluding carboxylic acids is 1. The quantitative estimate of drug-likeness (QED) is 0.795. The zero-order chi connectivity index (χ0) is 15.6. The molecule has 1 aromatic rings. The van der Waals surface area contributed by atoms with Gasteiger partial charge in [-0.25, -0.2) is 9.18 Å². The Bertz CT molecular complexity index is 566. The fourth-order valence-corrected chi connectivity index (χ4v) is 2.73. The van der Waals surface area contributed by atoms with E-state index in [1.165, 1.54) is 12.1 Å². The van der Waals surface area contributed by atoms with Gasteiger partial charge in [-0.1, -0.05) is 6.92 Å². The predicted molar refractivity (Wildman–Crippen MR) is 76.5 cm³/mol. The maximum absolute atomic E-state index is 13.2. The van der Waals surface area contributed by atoms with Gasteiger partial charge in [0.2, 0.25) is 0 Å². The molecule has 0 aromatic heterocycles. The minimum atomic E-state index is -1.13. The molecule has 1 fully saturated rings. The Morgan fingerprint density at radius 1 is 1.38 bits per heavy atom. The lowest BCUT2D eigenvalue weighted by molar-refractivity contribution is -0.143. The summed E-state index contributed by atoms with van der Waals surface area (Å²) in [6, 6.07) is 3.56. The van der Waals surface area contributed by atoms with Crippen LogP contribution in [0.3, 0.4) is 0 Å². The standard InChI is InChI=1S/C15H19FN2O3/c1-9-4-6-15(7-5-9,14(20)21)18-12-3-2-10(16)8-11(12)13(17)19/h2-3,8-9,18H,4-7H2,1H3,(H2,17,19)(H,20,21). The first kappa shape index (κ1) is 15.3. The summed E-state index contributed by atoms with van der Waals surface area (Å²) in [7, 11) is 0. The zero-order valence-corrected chi connectivity index (χ0v) is 11.9. The number of carboxylic acid groups (broad SMARTS) is 1. The topological polar surface area (TPSA) is 92.4 Å². The van der Waals surface area contributed by atoms with Crippen molar-refractivity contribution in [2.75, 3.05) is 5.32 Å². The highest BCUT2D eigenvalue weighted by molar-refractivity contribution is 5.99. The molecule has 0 spiro atoms. The minimum absolute atomic E-state index is 0.0331. The van der Waals surface area contributed by atoms with E-state index in [4.69, 9.17) is 5.73 Å². The Kier molecular flexibility index (Phi) is 4.16. The van der Waals surface area contributed by atoms with E-state index in [2.05, 4.69) is 12.2 Å². The van der Waals surface area contributed by atoms with Crippen LogP contribution >= 0.6 is 0 Å². The number of benzene rings is 1. The lowest BCUT2D eigenvalue weighted by atomic mass is 9.77. The summed E-state index contributed by atoms with van der Waals surface area (Å²) in [6.07, 6.45) is 2.48. The van der Waals surface area contributed by atoms with Gasteiger partial charge in [-0.2, -0.15) is 0 Å². The first-order chi connectivity index (χ1) is 9.84. The van der Waals surface area contributed by atoms with Crippen molar-refractivity contribution in [3.63, 3.8) is 0 Å². The van der Waals surface area contributed by atoms with Crippen molar-refractivity contribution in [1.82, 2.24) is 0 Å². The maximum atomic E-state index is 13.2. The number of amides is 1. The molecule has 1 aliphatic carbocycles. The molecule has 1 aromatic carbocycles. The molecule has 0 heterocycles. The highest BCUT2D eigenvalue weighted by Gasteiger charge is 2.41. The molecule has 0 radical (unpaired) electrons. The monoisotopic (exact) mass is 294 g/mol. The van der Waals surface area contributed by atoms with Gasteiger partial charge in [0.25, 0.3) is 5.91 Å². The van der Waals surface area contributed by atoms with E-state index in [0.717, 1.165) is 18.9 Å². The summed E-state index contributed by atoms with van der Waals surface area (Å²) in [4.78, 5) is 23.1. The molecule has 1 saturated carbocycles. The van der Waals surface area contributed by atoms with E-state index >= 15 is 0 Å². The smallest absolute Gasteiger partial charge is 0.329 e. The summed E-state index contributed by atoms with van der Waals surface area (Å²) >= 11 is 0. The van der Waals surface area contributed by atoms with Crippen molar-refractivity contribution in [2.24, 2.45) is 11.7 Å². The predicted octanol–water partition coefficient (Wildman–Crippen LogP) is 2.37. The summed E-state index contributed by atoms with van der Waals surface area (Å²) in [6.45, 7) is 2.08. The number of rotatable bonds is 4. The van der Waals surface area contributed by atoms with Gasteiger partial charge in [0.1, 0.15) is 11.4 Å². The van der Waals surface area contributed by atoms with Gasteiger partial charge in [-0.15, -0.1) is 0 Å². The first-order valence-corrected chi connectivity index (χ1v) is 6.95. The van der Waals surface area contributed by atoms with Crippen LogP contribution in [0.15, 0.2) is 18.2 Å². The van der Waals surface area contributed by atoms with Crippen molar-refractivity contribution < 1.29 is 19.1 Å². The minimum Gasteiger partial charge on any atom is -0.480 e. The molecule has 21 heavy (non-hydrogen) atoms.